The molecule has 0 amide bonds. The Hall–Kier alpha value is -0.300. The monoisotopic (exact) mass is 351 g/mol. The molecule has 0 fully saturated rings. The van der Waals surface area contributed by atoms with E-state index in [-0.39, 0.29) is 0 Å². The number of nitrogens with one attached hydrogen (secondary N) is 1. The molecule has 1 heteroatoms. The summed E-state index contributed by atoms with van der Waals surface area (Å²) in [4.78, 5) is 0. The Kier molecular flexibility index (Phi) is 21.5. The van der Waals surface area contributed by atoms with Gasteiger partial charge in [-0.1, -0.05) is 104 Å². The van der Waals surface area contributed by atoms with E-state index in [1.165, 1.54) is 109 Å². The van der Waals surface area contributed by atoms with Crippen LogP contribution in [0.15, 0.2) is 12.2 Å². The summed E-state index contributed by atoms with van der Waals surface area (Å²) >= 11 is 0. The zero-order valence-corrected chi connectivity index (χ0v) is 18.0. The molecule has 0 aliphatic carbocycles. The van der Waals surface area contributed by atoms with Gasteiger partial charge in [0.15, 0.2) is 0 Å². The molecule has 0 saturated heterocycles. The third kappa shape index (κ3) is 21.7. The lowest BCUT2D eigenvalue weighted by Crippen LogP contribution is -2.20. The molecule has 0 spiro atoms. The van der Waals surface area contributed by atoms with Gasteiger partial charge < -0.3 is 5.32 Å². The van der Waals surface area contributed by atoms with Crippen LogP contribution in [0.5, 0.6) is 0 Å². The topological polar surface area (TPSA) is 12.0 Å². The summed E-state index contributed by atoms with van der Waals surface area (Å²) in [6, 6.07) is 0. The van der Waals surface area contributed by atoms with Crippen molar-refractivity contribution >= 4 is 0 Å². The van der Waals surface area contributed by atoms with E-state index < -0.39 is 0 Å². The number of unbranched alkanes of at least 4 members (excludes halogenated alkanes) is 13. The first-order valence-corrected chi connectivity index (χ1v) is 11.7. The molecule has 0 aromatic rings. The number of rotatable bonds is 20. The highest BCUT2D eigenvalue weighted by Crippen LogP contribution is 2.13. The van der Waals surface area contributed by atoms with Crippen molar-refractivity contribution in [3.8, 4) is 0 Å². The van der Waals surface area contributed by atoms with Crippen molar-refractivity contribution in [1.82, 2.24) is 5.32 Å². The molecule has 1 N–H and O–H groups in total. The van der Waals surface area contributed by atoms with Gasteiger partial charge in [0.25, 0.3) is 0 Å². The van der Waals surface area contributed by atoms with E-state index in [1.54, 1.807) is 0 Å². The summed E-state index contributed by atoms with van der Waals surface area (Å²) in [6.45, 7) is 9.17. The van der Waals surface area contributed by atoms with Gasteiger partial charge in [0.1, 0.15) is 0 Å². The van der Waals surface area contributed by atoms with Crippen molar-refractivity contribution < 1.29 is 0 Å². The fourth-order valence-electron chi connectivity index (χ4n) is 3.41. The molecule has 0 unspecified atom stereocenters. The van der Waals surface area contributed by atoms with Crippen LogP contribution in [0.1, 0.15) is 124 Å². The molecule has 0 aliphatic heterocycles. The van der Waals surface area contributed by atoms with Gasteiger partial charge >= 0.3 is 0 Å². The Morgan fingerprint density at radius 1 is 0.640 bits per heavy atom. The number of hydrogen-bond acceptors (Lipinski definition) is 1. The summed E-state index contributed by atoms with van der Waals surface area (Å²) < 4.78 is 0. The zero-order chi connectivity index (χ0) is 18.4. The SMILES string of the molecule is CCCCCCCC/C=C\CCCCCCCCC[C@@H](C)CNCC. The Labute approximate surface area is 160 Å². The van der Waals surface area contributed by atoms with E-state index in [0.29, 0.717) is 0 Å². The van der Waals surface area contributed by atoms with Crippen LogP contribution < -0.4 is 5.32 Å². The van der Waals surface area contributed by atoms with Gasteiger partial charge in [0, 0.05) is 0 Å². The predicted molar refractivity (Wildman–Crippen MR) is 116 cm³/mol. The van der Waals surface area contributed by atoms with Crippen molar-refractivity contribution in [2.45, 2.75) is 124 Å². The molecule has 150 valence electrons. The van der Waals surface area contributed by atoms with Crippen molar-refractivity contribution in [1.29, 1.82) is 0 Å². The number of hydrogen-bond donors (Lipinski definition) is 1. The summed E-state index contributed by atoms with van der Waals surface area (Å²) in [5, 5.41) is 3.45. The lowest BCUT2D eigenvalue weighted by Gasteiger charge is -2.11. The average Bonchev–Trinajstić information content (AvgIpc) is 2.62. The second kappa shape index (κ2) is 21.7. The molecule has 1 nitrogen and oxygen atoms in total. The lowest BCUT2D eigenvalue weighted by atomic mass is 10.0. The van der Waals surface area contributed by atoms with Gasteiger partial charge in [-0.15, -0.1) is 0 Å². The molecule has 0 bridgehead atoms. The van der Waals surface area contributed by atoms with E-state index in [9.17, 15) is 0 Å². The second-order valence-corrected chi connectivity index (χ2v) is 7.99. The predicted octanol–water partition coefficient (Wildman–Crippen LogP) is 8.05. The summed E-state index contributed by atoms with van der Waals surface area (Å²) in [7, 11) is 0. The van der Waals surface area contributed by atoms with Crippen molar-refractivity contribution in [2.24, 2.45) is 5.92 Å². The molecule has 0 heterocycles. The Morgan fingerprint density at radius 3 is 1.64 bits per heavy atom. The Balaban J connectivity index is 3.12. The highest BCUT2D eigenvalue weighted by Gasteiger charge is 2.00. The van der Waals surface area contributed by atoms with E-state index >= 15 is 0 Å². The minimum Gasteiger partial charge on any atom is -0.317 e. The van der Waals surface area contributed by atoms with Crippen molar-refractivity contribution in [2.75, 3.05) is 13.1 Å². The van der Waals surface area contributed by atoms with Crippen molar-refractivity contribution in [3.05, 3.63) is 12.2 Å². The molecule has 0 radical (unpaired) electrons. The van der Waals surface area contributed by atoms with Crippen molar-refractivity contribution in [3.63, 3.8) is 0 Å². The lowest BCUT2D eigenvalue weighted by molar-refractivity contribution is 0.455. The van der Waals surface area contributed by atoms with Crippen LogP contribution in [0.3, 0.4) is 0 Å². The molecule has 25 heavy (non-hydrogen) atoms. The standard InChI is InChI=1S/C24H49N/c1-4-6-7-8-9-10-11-12-13-14-15-16-17-18-19-20-21-22-24(3)23-25-5-2/h12-13,24-25H,4-11,14-23H2,1-3H3/b13-12-/t24-/m1/s1. The minimum atomic E-state index is 0.850. The highest BCUT2D eigenvalue weighted by molar-refractivity contribution is 4.81. The molecular formula is C24H49N. The molecule has 0 aliphatic rings. The first-order valence-electron chi connectivity index (χ1n) is 11.7. The van der Waals surface area contributed by atoms with Gasteiger partial charge in [-0.3, -0.25) is 0 Å². The van der Waals surface area contributed by atoms with Gasteiger partial charge in [-0.25, -0.2) is 0 Å². The maximum Gasteiger partial charge on any atom is -0.00233 e. The molecular weight excluding hydrogens is 302 g/mol. The van der Waals surface area contributed by atoms with Gasteiger partial charge in [-0.2, -0.15) is 0 Å². The normalized spacial score (nSPS) is 12.9. The maximum absolute atomic E-state index is 3.45. The van der Waals surface area contributed by atoms with Crippen LogP contribution >= 0.6 is 0 Å². The fourth-order valence-corrected chi connectivity index (χ4v) is 3.41. The van der Waals surface area contributed by atoms with Crippen LogP contribution in [0.4, 0.5) is 0 Å². The van der Waals surface area contributed by atoms with Gasteiger partial charge in [-0.05, 0) is 51.1 Å². The van der Waals surface area contributed by atoms with Crippen LogP contribution in [-0.2, 0) is 0 Å². The summed E-state index contributed by atoms with van der Waals surface area (Å²) in [5.41, 5.74) is 0. The Bertz CT molecular complexity index is 259. The molecule has 0 saturated carbocycles. The van der Waals surface area contributed by atoms with E-state index in [0.717, 1.165) is 12.5 Å². The molecule has 1 atom stereocenters. The summed E-state index contributed by atoms with van der Waals surface area (Å²) in [5.74, 6) is 0.850. The van der Waals surface area contributed by atoms with Crippen LogP contribution in [0, 0.1) is 5.92 Å². The van der Waals surface area contributed by atoms with E-state index in [1.807, 2.05) is 0 Å². The minimum absolute atomic E-state index is 0.850. The highest BCUT2D eigenvalue weighted by atomic mass is 14.8. The first kappa shape index (κ1) is 24.7. The largest absolute Gasteiger partial charge is 0.317 e. The fraction of sp³-hybridized carbons (Fsp3) is 0.917. The third-order valence-corrected chi connectivity index (χ3v) is 5.20. The van der Waals surface area contributed by atoms with Crippen LogP contribution in [-0.4, -0.2) is 13.1 Å². The van der Waals surface area contributed by atoms with E-state index in [2.05, 4.69) is 38.2 Å². The first-order chi connectivity index (χ1) is 12.3. The molecule has 0 aromatic heterocycles. The van der Waals surface area contributed by atoms with Crippen LogP contribution in [0.25, 0.3) is 0 Å². The van der Waals surface area contributed by atoms with E-state index in [4.69, 9.17) is 0 Å². The maximum atomic E-state index is 3.45. The quantitative estimate of drug-likeness (QED) is 0.173. The summed E-state index contributed by atoms with van der Waals surface area (Å²) in [6.07, 6.45) is 27.4. The smallest absolute Gasteiger partial charge is 0.00233 e. The van der Waals surface area contributed by atoms with Gasteiger partial charge in [0.2, 0.25) is 0 Å². The second-order valence-electron chi connectivity index (χ2n) is 7.99. The zero-order valence-electron chi connectivity index (χ0n) is 18.0. The average molecular weight is 352 g/mol. The van der Waals surface area contributed by atoms with Crippen LogP contribution in [0.2, 0.25) is 0 Å². The van der Waals surface area contributed by atoms with Gasteiger partial charge in [0.05, 0.1) is 0 Å². The number of allylic oxidation sites excluding steroid dienone is 2. The molecule has 0 aromatic carbocycles. The third-order valence-electron chi connectivity index (χ3n) is 5.20. The Morgan fingerprint density at radius 2 is 1.12 bits per heavy atom. The molecule has 0 rings (SSSR count).